The lowest BCUT2D eigenvalue weighted by molar-refractivity contribution is -0.144. The Morgan fingerprint density at radius 3 is 2.21 bits per heavy atom. The van der Waals surface area contributed by atoms with E-state index in [1.54, 1.807) is 40.5 Å². The smallest absolute Gasteiger partial charge is 0.248 e. The number of hydrogen-bond acceptors (Lipinski definition) is 9. The molecule has 0 spiro atoms. The Bertz CT molecular complexity index is 1930. The predicted octanol–water partition coefficient (Wildman–Crippen LogP) is 8.30. The molecule has 3 aromatic carbocycles. The predicted molar refractivity (Wildman–Crippen MR) is 248 cm³/mol. The van der Waals surface area contributed by atoms with E-state index in [-0.39, 0.29) is 30.2 Å². The van der Waals surface area contributed by atoms with Crippen LogP contribution in [0.4, 0.5) is 0 Å². The highest BCUT2D eigenvalue weighted by molar-refractivity contribution is 7.13. The zero-order valence-corrected chi connectivity index (χ0v) is 38.7. The number of thiazole rings is 1. The van der Waals surface area contributed by atoms with Gasteiger partial charge < -0.3 is 35.5 Å². The van der Waals surface area contributed by atoms with E-state index in [0.717, 1.165) is 59.6 Å². The summed E-state index contributed by atoms with van der Waals surface area (Å²) in [5, 5.41) is 5.91. The van der Waals surface area contributed by atoms with Gasteiger partial charge >= 0.3 is 0 Å². The van der Waals surface area contributed by atoms with Gasteiger partial charge in [0.25, 0.3) is 0 Å². The summed E-state index contributed by atoms with van der Waals surface area (Å²) in [6.45, 7) is 16.9. The number of ether oxygens (including phenoxy) is 3. The summed E-state index contributed by atoms with van der Waals surface area (Å²) in [6, 6.07) is 23.7. The lowest BCUT2D eigenvalue weighted by Gasteiger charge is -2.35. The normalized spacial score (nSPS) is 13.8. The number of aryl methyl sites for hydroxylation is 2. The van der Waals surface area contributed by atoms with Crippen molar-refractivity contribution in [2.45, 2.75) is 112 Å². The molecular weight excluding hydrogens is 803 g/mol. The summed E-state index contributed by atoms with van der Waals surface area (Å²) in [7, 11) is 0. The zero-order chi connectivity index (χ0) is 45.3. The van der Waals surface area contributed by atoms with Crippen LogP contribution in [0.1, 0.15) is 107 Å². The van der Waals surface area contributed by atoms with E-state index in [9.17, 15) is 19.2 Å². The summed E-state index contributed by atoms with van der Waals surface area (Å²) < 4.78 is 17.2. The van der Waals surface area contributed by atoms with Crippen molar-refractivity contribution in [3.63, 3.8) is 0 Å². The first-order valence-electron chi connectivity index (χ1n) is 22.0. The molecule has 0 bridgehead atoms. The minimum Gasteiger partial charge on any atom is -0.494 e. The van der Waals surface area contributed by atoms with Gasteiger partial charge in [0, 0.05) is 38.5 Å². The van der Waals surface area contributed by atoms with Crippen LogP contribution in [-0.2, 0) is 36.8 Å². The highest BCUT2D eigenvalue weighted by Gasteiger charge is 2.41. The molecule has 4 amide bonds. The highest BCUT2D eigenvalue weighted by Crippen LogP contribution is 2.28. The number of hydrogen-bond donors (Lipinski definition) is 3. The second kappa shape index (κ2) is 27.8. The highest BCUT2D eigenvalue weighted by atomic mass is 32.1. The Balaban J connectivity index is 0.000000815. The third kappa shape index (κ3) is 17.7. The SMILES string of the molecule is CC.CCc1cccc(OCCCCCOCCCOCC(=O)NC(C(=O)N2CCCC2C(=O)NCc2ccc(-c3scnc3C)cc2)C(C)(C)C)c1.NC(=O)c1ccccc1. The number of nitrogens with two attached hydrogens (primary N) is 1. The van der Waals surface area contributed by atoms with Crippen molar-refractivity contribution >= 4 is 35.0 Å². The van der Waals surface area contributed by atoms with Gasteiger partial charge in [-0.3, -0.25) is 19.2 Å². The summed E-state index contributed by atoms with van der Waals surface area (Å²) in [5.41, 5.74) is 11.2. The molecular formula is C49H69N5O7S. The monoisotopic (exact) mass is 871 g/mol. The minimum atomic E-state index is -0.792. The Morgan fingerprint density at radius 1 is 0.871 bits per heavy atom. The number of primary amides is 1. The Morgan fingerprint density at radius 2 is 1.56 bits per heavy atom. The molecule has 12 nitrogen and oxygen atoms in total. The molecule has 1 aliphatic heterocycles. The molecule has 2 heterocycles. The first kappa shape index (κ1) is 51.2. The third-order valence-electron chi connectivity index (χ3n) is 10.1. The number of nitrogens with one attached hydrogen (secondary N) is 2. The molecule has 1 aliphatic rings. The fourth-order valence-electron chi connectivity index (χ4n) is 6.64. The molecule has 4 aromatic rings. The van der Waals surface area contributed by atoms with Crippen molar-refractivity contribution in [2.75, 3.05) is 39.6 Å². The maximum absolute atomic E-state index is 13.8. The average molecular weight is 872 g/mol. The number of carbonyl (C=O) groups is 4. The topological polar surface area (TPSA) is 162 Å². The van der Waals surface area contributed by atoms with E-state index in [1.807, 2.05) is 89.5 Å². The molecule has 2 unspecified atom stereocenters. The lowest BCUT2D eigenvalue weighted by atomic mass is 9.85. The standard InChI is InChI=1S/C40H56N4O6S.C7H7NO.C2H6/c1-6-30-13-10-14-33(25-30)50-24-9-7-8-21-48-22-12-23-49-27-35(45)43-37(40(3,4)5)39(47)44-20-11-15-34(44)38(46)41-26-31-16-18-32(19-17-31)36-29(2)42-28-51-36;8-7(9)6-4-2-1-3-5-6;1-2/h10,13-14,16-19,25,28,34,37H,6-9,11-12,15,20-24,26-27H2,1-5H3,(H,41,46)(H,43,45);1-5H,(H2,8,9);1-2H3. The second-order valence-corrected chi connectivity index (χ2v) is 16.8. The molecule has 0 radical (unpaired) electrons. The number of carbonyl (C=O) groups excluding carboxylic acids is 4. The summed E-state index contributed by atoms with van der Waals surface area (Å²) in [4.78, 5) is 57.5. The quantitative estimate of drug-likeness (QED) is 0.0705. The van der Waals surface area contributed by atoms with E-state index in [4.69, 9.17) is 19.9 Å². The Labute approximate surface area is 373 Å². The molecule has 338 valence electrons. The van der Waals surface area contributed by atoms with Gasteiger partial charge in [0.15, 0.2) is 0 Å². The summed E-state index contributed by atoms with van der Waals surface area (Å²) >= 11 is 1.61. The van der Waals surface area contributed by atoms with E-state index < -0.39 is 17.5 Å². The second-order valence-electron chi connectivity index (χ2n) is 15.9. The average Bonchev–Trinajstić information content (AvgIpc) is 3.96. The van der Waals surface area contributed by atoms with Crippen LogP contribution in [0.2, 0.25) is 0 Å². The van der Waals surface area contributed by atoms with Crippen LogP contribution in [0.15, 0.2) is 84.4 Å². The molecule has 2 atom stereocenters. The van der Waals surface area contributed by atoms with Crippen LogP contribution < -0.4 is 21.1 Å². The van der Waals surface area contributed by atoms with Crippen LogP contribution in [-0.4, -0.2) is 85.2 Å². The minimum absolute atomic E-state index is 0.147. The molecule has 1 saturated heterocycles. The molecule has 13 heteroatoms. The van der Waals surface area contributed by atoms with Gasteiger partial charge in [0.1, 0.15) is 24.4 Å². The van der Waals surface area contributed by atoms with E-state index in [1.165, 1.54) is 5.56 Å². The van der Waals surface area contributed by atoms with E-state index >= 15 is 0 Å². The van der Waals surface area contributed by atoms with Crippen LogP contribution in [0.5, 0.6) is 5.75 Å². The van der Waals surface area contributed by atoms with Gasteiger partial charge in [-0.1, -0.05) is 96.1 Å². The fraction of sp³-hybridized carbons (Fsp3) is 0.490. The van der Waals surface area contributed by atoms with Crippen molar-refractivity contribution < 1.29 is 33.4 Å². The van der Waals surface area contributed by atoms with Crippen molar-refractivity contribution in [3.8, 4) is 16.2 Å². The van der Waals surface area contributed by atoms with Crippen LogP contribution in [0, 0.1) is 12.3 Å². The maximum Gasteiger partial charge on any atom is 0.248 e. The number of amides is 4. The van der Waals surface area contributed by atoms with Crippen LogP contribution in [0.3, 0.4) is 0 Å². The number of rotatable bonds is 21. The first-order valence-corrected chi connectivity index (χ1v) is 22.8. The third-order valence-corrected chi connectivity index (χ3v) is 11.0. The number of likely N-dealkylation sites (tertiary alicyclic amines) is 1. The lowest BCUT2D eigenvalue weighted by Crippen LogP contribution is -2.58. The van der Waals surface area contributed by atoms with Gasteiger partial charge in [-0.2, -0.15) is 0 Å². The largest absolute Gasteiger partial charge is 0.494 e. The van der Waals surface area contributed by atoms with Gasteiger partial charge in [0.2, 0.25) is 23.6 Å². The van der Waals surface area contributed by atoms with Crippen LogP contribution in [0.25, 0.3) is 10.4 Å². The molecule has 1 fully saturated rings. The maximum atomic E-state index is 13.8. The summed E-state index contributed by atoms with van der Waals surface area (Å²) in [6.07, 6.45) is 5.96. The number of benzene rings is 3. The Kier molecular flexibility index (Phi) is 22.9. The molecule has 0 aliphatic carbocycles. The fourth-order valence-corrected chi connectivity index (χ4v) is 7.45. The first-order chi connectivity index (χ1) is 29.9. The van der Waals surface area contributed by atoms with Gasteiger partial charge in [-0.15, -0.1) is 11.3 Å². The molecule has 5 rings (SSSR count). The van der Waals surface area contributed by atoms with E-state index in [2.05, 4.69) is 34.7 Å². The van der Waals surface area contributed by atoms with Gasteiger partial charge in [-0.05, 0) is 98.2 Å². The number of nitrogens with zero attached hydrogens (tertiary/aromatic N) is 2. The van der Waals surface area contributed by atoms with Gasteiger partial charge in [0.05, 0.1) is 22.7 Å². The molecule has 62 heavy (non-hydrogen) atoms. The molecule has 1 aromatic heterocycles. The Hall–Kier alpha value is -5.11. The van der Waals surface area contributed by atoms with Gasteiger partial charge in [-0.25, -0.2) is 4.98 Å². The zero-order valence-electron chi connectivity index (χ0n) is 37.9. The van der Waals surface area contributed by atoms with Crippen molar-refractivity contribution in [1.29, 1.82) is 0 Å². The molecule has 0 saturated carbocycles. The number of aromatic nitrogens is 1. The summed E-state index contributed by atoms with van der Waals surface area (Å²) in [5.74, 6) is -0.240. The molecule has 4 N–H and O–H groups in total. The van der Waals surface area contributed by atoms with Crippen molar-refractivity contribution in [1.82, 2.24) is 20.5 Å². The van der Waals surface area contributed by atoms with Crippen molar-refractivity contribution in [2.24, 2.45) is 11.1 Å². The van der Waals surface area contributed by atoms with E-state index in [0.29, 0.717) is 57.9 Å². The number of unbranched alkanes of at least 4 members (excludes halogenated alkanes) is 2. The van der Waals surface area contributed by atoms with Crippen LogP contribution >= 0.6 is 11.3 Å². The van der Waals surface area contributed by atoms with Crippen molar-refractivity contribution in [3.05, 3.63) is 107 Å².